The van der Waals surface area contributed by atoms with E-state index in [-0.39, 0.29) is 17.7 Å². The summed E-state index contributed by atoms with van der Waals surface area (Å²) < 4.78 is 17.8. The summed E-state index contributed by atoms with van der Waals surface area (Å²) >= 11 is 0. The summed E-state index contributed by atoms with van der Waals surface area (Å²) in [5.74, 6) is -0.927. The topological polar surface area (TPSA) is 53.3 Å². The minimum absolute atomic E-state index is 0.269. The molecule has 0 radical (unpaired) electrons. The summed E-state index contributed by atoms with van der Waals surface area (Å²) in [4.78, 5) is 13.2. The molecule has 0 N–H and O–H groups in total. The molecule has 0 bridgehead atoms. The average Bonchev–Trinajstić information content (AvgIpc) is 2.37. The van der Waals surface area contributed by atoms with Crippen LogP contribution in [0.15, 0.2) is 18.2 Å². The van der Waals surface area contributed by atoms with Crippen LogP contribution in [0.4, 0.5) is 4.39 Å². The zero-order valence-electron chi connectivity index (χ0n) is 11.3. The largest absolute Gasteiger partial charge is 0.469 e. The minimum atomic E-state index is -0.372. The highest BCUT2D eigenvalue weighted by Gasteiger charge is 2.16. The fraction of sp³-hybridized carbons (Fsp3) is 0.429. The Kier molecular flexibility index (Phi) is 5.46. The van der Waals surface area contributed by atoms with Crippen molar-refractivity contribution < 1.29 is 13.9 Å². The fourth-order valence-corrected chi connectivity index (χ4v) is 1.90. The molecule has 0 spiro atoms. The first kappa shape index (κ1) is 15.1. The molecule has 0 saturated carbocycles. The summed E-state index contributed by atoms with van der Waals surface area (Å²) in [5.41, 5.74) is 1.06. The molecule has 0 amide bonds. The van der Waals surface area contributed by atoms with Gasteiger partial charge in [0.15, 0.2) is 0 Å². The molecule has 0 aromatic heterocycles. The lowest BCUT2D eigenvalue weighted by molar-refractivity contribution is -0.145. The van der Waals surface area contributed by atoms with E-state index in [1.165, 1.54) is 25.3 Å². The molecular weight excluding hydrogens is 247 g/mol. The molecule has 0 heterocycles. The lowest BCUT2D eigenvalue weighted by Gasteiger charge is -2.20. The maximum absolute atomic E-state index is 13.2. The van der Waals surface area contributed by atoms with Crippen LogP contribution in [0.1, 0.15) is 18.1 Å². The molecule has 0 aliphatic rings. The van der Waals surface area contributed by atoms with Crippen LogP contribution >= 0.6 is 0 Å². The van der Waals surface area contributed by atoms with Gasteiger partial charge < -0.3 is 9.64 Å². The van der Waals surface area contributed by atoms with Gasteiger partial charge in [-0.2, -0.15) is 5.26 Å². The van der Waals surface area contributed by atoms with Gasteiger partial charge in [0.1, 0.15) is 5.82 Å². The van der Waals surface area contributed by atoms with Gasteiger partial charge in [-0.15, -0.1) is 0 Å². The number of halogens is 1. The van der Waals surface area contributed by atoms with Gasteiger partial charge in [0.25, 0.3) is 0 Å². The standard InChI is InChI=1S/C14H17FN2O2/c1-10(14(18)19-3)8-17(2)9-12-6-13(15)5-4-11(12)7-16/h4-6,10H,8-9H2,1-3H3. The number of rotatable bonds is 5. The van der Waals surface area contributed by atoms with Crippen molar-refractivity contribution in [2.75, 3.05) is 20.7 Å². The lowest BCUT2D eigenvalue weighted by Crippen LogP contribution is -2.29. The Balaban J connectivity index is 2.72. The molecule has 1 atom stereocenters. The summed E-state index contributed by atoms with van der Waals surface area (Å²) in [6, 6.07) is 6.10. The Bertz CT molecular complexity index is 497. The first-order chi connectivity index (χ1) is 8.97. The number of hydrogen-bond acceptors (Lipinski definition) is 4. The van der Waals surface area contributed by atoms with E-state index >= 15 is 0 Å². The van der Waals surface area contributed by atoms with Crippen LogP contribution < -0.4 is 0 Å². The van der Waals surface area contributed by atoms with Gasteiger partial charge in [-0.05, 0) is 30.8 Å². The molecule has 0 aliphatic carbocycles. The number of hydrogen-bond donors (Lipinski definition) is 0. The second-order valence-corrected chi connectivity index (χ2v) is 4.53. The first-order valence-corrected chi connectivity index (χ1v) is 5.92. The second-order valence-electron chi connectivity index (χ2n) is 4.53. The molecule has 102 valence electrons. The predicted octanol–water partition coefficient (Wildman–Crippen LogP) is 1.94. The van der Waals surface area contributed by atoms with Crippen LogP contribution in [0.25, 0.3) is 0 Å². The molecule has 4 nitrogen and oxygen atoms in total. The van der Waals surface area contributed by atoms with Crippen molar-refractivity contribution in [1.29, 1.82) is 5.26 Å². The summed E-state index contributed by atoms with van der Waals surface area (Å²) in [6.07, 6.45) is 0. The minimum Gasteiger partial charge on any atom is -0.469 e. The predicted molar refractivity (Wildman–Crippen MR) is 68.6 cm³/mol. The Morgan fingerprint density at radius 2 is 2.26 bits per heavy atom. The highest BCUT2D eigenvalue weighted by Crippen LogP contribution is 2.13. The van der Waals surface area contributed by atoms with Gasteiger partial charge >= 0.3 is 5.97 Å². The Morgan fingerprint density at radius 1 is 1.58 bits per heavy atom. The number of benzene rings is 1. The van der Waals surface area contributed by atoms with E-state index in [0.717, 1.165) is 0 Å². The normalized spacial score (nSPS) is 12.0. The number of carbonyl (C=O) groups excluding carboxylic acids is 1. The van der Waals surface area contributed by atoms with Gasteiger partial charge in [0, 0.05) is 13.1 Å². The van der Waals surface area contributed by atoms with E-state index in [9.17, 15) is 9.18 Å². The zero-order valence-corrected chi connectivity index (χ0v) is 11.3. The first-order valence-electron chi connectivity index (χ1n) is 5.92. The Labute approximate surface area is 112 Å². The maximum Gasteiger partial charge on any atom is 0.309 e. The molecule has 1 aromatic rings. The third-order valence-electron chi connectivity index (χ3n) is 2.82. The van der Waals surface area contributed by atoms with E-state index in [1.807, 2.05) is 18.0 Å². The SMILES string of the molecule is COC(=O)C(C)CN(C)Cc1cc(F)ccc1C#N. The number of nitriles is 1. The number of methoxy groups -OCH3 is 1. The van der Waals surface area contributed by atoms with Gasteiger partial charge in [0.2, 0.25) is 0 Å². The van der Waals surface area contributed by atoms with Gasteiger partial charge in [-0.1, -0.05) is 6.92 Å². The molecule has 0 fully saturated rings. The molecule has 0 saturated heterocycles. The van der Waals surface area contributed by atoms with Gasteiger partial charge in [0.05, 0.1) is 24.7 Å². The summed E-state index contributed by atoms with van der Waals surface area (Å²) in [7, 11) is 3.16. The van der Waals surface area contributed by atoms with Crippen molar-refractivity contribution in [3.63, 3.8) is 0 Å². The third-order valence-corrected chi connectivity index (χ3v) is 2.82. The van der Waals surface area contributed by atoms with E-state index in [1.54, 1.807) is 6.92 Å². The quantitative estimate of drug-likeness (QED) is 0.763. The van der Waals surface area contributed by atoms with Crippen molar-refractivity contribution in [2.45, 2.75) is 13.5 Å². The highest BCUT2D eigenvalue weighted by atomic mass is 19.1. The van der Waals surface area contributed by atoms with Crippen molar-refractivity contribution in [2.24, 2.45) is 5.92 Å². The molecule has 1 aromatic carbocycles. The number of carbonyl (C=O) groups is 1. The summed E-state index contributed by atoms with van der Waals surface area (Å²) in [6.45, 7) is 2.65. The van der Waals surface area contributed by atoms with Crippen molar-refractivity contribution in [3.05, 3.63) is 35.1 Å². The summed E-state index contributed by atoms with van der Waals surface area (Å²) in [5, 5.41) is 8.97. The fourth-order valence-electron chi connectivity index (χ4n) is 1.90. The molecular formula is C14H17FN2O2. The number of nitrogens with zero attached hydrogens (tertiary/aromatic N) is 2. The van der Waals surface area contributed by atoms with Crippen LogP contribution in [-0.4, -0.2) is 31.6 Å². The van der Waals surface area contributed by atoms with Crippen molar-refractivity contribution >= 4 is 5.97 Å². The van der Waals surface area contributed by atoms with E-state index in [4.69, 9.17) is 5.26 Å². The molecule has 1 unspecified atom stereocenters. The van der Waals surface area contributed by atoms with Crippen LogP contribution in [0.5, 0.6) is 0 Å². The van der Waals surface area contributed by atoms with Crippen LogP contribution in [0.3, 0.4) is 0 Å². The smallest absolute Gasteiger partial charge is 0.309 e. The molecule has 5 heteroatoms. The Hall–Kier alpha value is -1.93. The third kappa shape index (κ3) is 4.34. The number of ether oxygens (including phenoxy) is 1. The number of esters is 1. The van der Waals surface area contributed by atoms with Crippen molar-refractivity contribution in [3.8, 4) is 6.07 Å². The molecule has 1 rings (SSSR count). The van der Waals surface area contributed by atoms with Crippen LogP contribution in [0.2, 0.25) is 0 Å². The highest BCUT2D eigenvalue weighted by molar-refractivity contribution is 5.72. The van der Waals surface area contributed by atoms with Crippen LogP contribution in [-0.2, 0) is 16.1 Å². The van der Waals surface area contributed by atoms with Crippen LogP contribution in [0, 0.1) is 23.1 Å². The molecule has 19 heavy (non-hydrogen) atoms. The van der Waals surface area contributed by atoms with E-state index < -0.39 is 0 Å². The lowest BCUT2D eigenvalue weighted by atomic mass is 10.1. The van der Waals surface area contributed by atoms with E-state index in [2.05, 4.69) is 4.74 Å². The average molecular weight is 264 g/mol. The van der Waals surface area contributed by atoms with Gasteiger partial charge in [-0.3, -0.25) is 4.79 Å². The monoisotopic (exact) mass is 264 g/mol. The van der Waals surface area contributed by atoms with Gasteiger partial charge in [-0.25, -0.2) is 4.39 Å². The second kappa shape index (κ2) is 6.86. The Morgan fingerprint density at radius 3 is 2.84 bits per heavy atom. The van der Waals surface area contributed by atoms with Crippen molar-refractivity contribution in [1.82, 2.24) is 4.90 Å². The van der Waals surface area contributed by atoms with E-state index in [0.29, 0.717) is 24.2 Å². The zero-order chi connectivity index (χ0) is 14.4. The molecule has 0 aliphatic heterocycles. The maximum atomic E-state index is 13.2.